The third kappa shape index (κ3) is 5.41. The van der Waals surface area contributed by atoms with Gasteiger partial charge in [0.2, 0.25) is 0 Å². The second-order valence-corrected chi connectivity index (χ2v) is 11.5. The third-order valence-electron chi connectivity index (χ3n) is 7.39. The van der Waals surface area contributed by atoms with E-state index in [0.29, 0.717) is 44.3 Å². The van der Waals surface area contributed by atoms with Crippen LogP contribution < -0.4 is 24.4 Å². The maximum absolute atomic E-state index is 14.2. The van der Waals surface area contributed by atoms with Crippen LogP contribution in [0.2, 0.25) is 0 Å². The van der Waals surface area contributed by atoms with E-state index in [4.69, 9.17) is 19.2 Å². The number of nitrogens with zero attached hydrogens (tertiary/aromatic N) is 3. The van der Waals surface area contributed by atoms with Crippen molar-refractivity contribution in [3.05, 3.63) is 90.7 Å². The van der Waals surface area contributed by atoms with Gasteiger partial charge in [-0.1, -0.05) is 48.9 Å². The molecule has 8 nitrogen and oxygen atoms in total. The molecule has 2 aromatic heterocycles. The van der Waals surface area contributed by atoms with Crippen LogP contribution >= 0.6 is 11.3 Å². The number of carbonyl (C=O) groups excluding carboxylic acids is 1. The fraction of sp³-hybridized carbons (Fsp3) is 0.364. The molecule has 0 saturated heterocycles. The van der Waals surface area contributed by atoms with E-state index in [2.05, 4.69) is 43.7 Å². The maximum atomic E-state index is 14.2. The van der Waals surface area contributed by atoms with Crippen LogP contribution in [0.5, 0.6) is 11.5 Å². The molecule has 9 heteroatoms. The van der Waals surface area contributed by atoms with Crippen molar-refractivity contribution in [3.63, 3.8) is 0 Å². The Morgan fingerprint density at radius 3 is 2.64 bits per heavy atom. The Hall–Kier alpha value is -4.11. The number of methoxy groups -OCH3 is 1. The van der Waals surface area contributed by atoms with E-state index in [0.717, 1.165) is 29.3 Å². The van der Waals surface area contributed by atoms with Gasteiger partial charge in [-0.25, -0.2) is 9.79 Å². The molecular weight excluding hydrogens is 550 g/mol. The van der Waals surface area contributed by atoms with Crippen molar-refractivity contribution in [1.82, 2.24) is 9.13 Å². The quantitative estimate of drug-likeness (QED) is 0.180. The summed E-state index contributed by atoms with van der Waals surface area (Å²) in [4.78, 5) is 32.7. The van der Waals surface area contributed by atoms with Gasteiger partial charge in [0.15, 0.2) is 16.3 Å². The van der Waals surface area contributed by atoms with Gasteiger partial charge in [-0.2, -0.15) is 0 Å². The summed E-state index contributed by atoms with van der Waals surface area (Å²) < 4.78 is 21.4. The highest BCUT2D eigenvalue weighted by Gasteiger charge is 2.34. The van der Waals surface area contributed by atoms with Crippen LogP contribution in [0.25, 0.3) is 17.0 Å². The summed E-state index contributed by atoms with van der Waals surface area (Å²) in [5.74, 6) is 0.646. The predicted molar refractivity (Wildman–Crippen MR) is 166 cm³/mol. The van der Waals surface area contributed by atoms with Gasteiger partial charge < -0.3 is 18.8 Å². The molecule has 0 spiro atoms. The van der Waals surface area contributed by atoms with Gasteiger partial charge in [0.1, 0.15) is 0 Å². The molecule has 0 N–H and O–H groups in total. The summed E-state index contributed by atoms with van der Waals surface area (Å²) in [5, 5.41) is 1.07. The molecule has 0 radical (unpaired) electrons. The molecule has 42 heavy (non-hydrogen) atoms. The molecule has 0 amide bonds. The lowest BCUT2D eigenvalue weighted by Gasteiger charge is -2.25. The van der Waals surface area contributed by atoms with Crippen LogP contribution in [-0.2, 0) is 9.53 Å². The molecule has 2 aromatic carbocycles. The molecule has 0 saturated carbocycles. The summed E-state index contributed by atoms with van der Waals surface area (Å²) >= 11 is 1.32. The zero-order chi connectivity index (χ0) is 30.0. The maximum Gasteiger partial charge on any atom is 0.338 e. The van der Waals surface area contributed by atoms with Crippen LogP contribution in [0.15, 0.2) is 69.7 Å². The SMILES string of the molecule is CCCCOc1ccc([C@@H]2C(C(=O)OCC)=C(C)N=c3s/c(=C/c4cn(C(C)C)c5ccccc45)c(=O)n32)cc1OC. The number of rotatable bonds is 10. The number of thiazole rings is 1. The Labute approximate surface area is 249 Å². The summed E-state index contributed by atoms with van der Waals surface area (Å²) in [7, 11) is 1.58. The Bertz CT molecular complexity index is 1840. The molecular formula is C33H37N3O5S. The van der Waals surface area contributed by atoms with E-state index < -0.39 is 12.0 Å². The highest BCUT2D eigenvalue weighted by Crippen LogP contribution is 2.36. The van der Waals surface area contributed by atoms with Crippen molar-refractivity contribution in [1.29, 1.82) is 0 Å². The third-order valence-corrected chi connectivity index (χ3v) is 8.37. The molecule has 0 aliphatic carbocycles. The van der Waals surface area contributed by atoms with E-state index in [1.807, 2.05) is 36.4 Å². The minimum absolute atomic E-state index is 0.209. The normalized spacial score (nSPS) is 15.2. The number of para-hydroxylation sites is 1. The highest BCUT2D eigenvalue weighted by atomic mass is 32.1. The van der Waals surface area contributed by atoms with Crippen LogP contribution in [0.4, 0.5) is 0 Å². The number of aromatic nitrogens is 2. The van der Waals surface area contributed by atoms with E-state index in [1.165, 1.54) is 11.3 Å². The van der Waals surface area contributed by atoms with Gasteiger partial charge in [-0.15, -0.1) is 0 Å². The summed E-state index contributed by atoms with van der Waals surface area (Å²) in [5.41, 5.74) is 3.40. The highest BCUT2D eigenvalue weighted by molar-refractivity contribution is 7.07. The van der Waals surface area contributed by atoms with Gasteiger partial charge in [0, 0.05) is 28.7 Å². The predicted octanol–water partition coefficient (Wildman–Crippen LogP) is 5.52. The number of carbonyl (C=O) groups is 1. The number of esters is 1. The standard InChI is InChI=1S/C33H37N3O5S/c1-7-9-16-41-26-15-14-22(17-27(26)39-6)30-29(32(38)40-8-2)21(5)34-33-36(30)31(37)28(42-33)18-23-19-35(20(3)4)25-13-11-10-12-24(23)25/h10-15,17-20,30H,7-9,16H2,1-6H3/b28-18+/t30-/m1/s1. The second kappa shape index (κ2) is 12.4. The molecule has 0 bridgehead atoms. The monoisotopic (exact) mass is 587 g/mol. The molecule has 1 aliphatic heterocycles. The average Bonchev–Trinajstić information content (AvgIpc) is 3.50. The molecule has 3 heterocycles. The lowest BCUT2D eigenvalue weighted by molar-refractivity contribution is -0.139. The van der Waals surface area contributed by atoms with E-state index >= 15 is 0 Å². The van der Waals surface area contributed by atoms with Crippen molar-refractivity contribution >= 4 is 34.3 Å². The fourth-order valence-electron chi connectivity index (χ4n) is 5.32. The summed E-state index contributed by atoms with van der Waals surface area (Å²) in [6.07, 6.45) is 5.95. The van der Waals surface area contributed by atoms with E-state index in [9.17, 15) is 9.59 Å². The molecule has 220 valence electrons. The van der Waals surface area contributed by atoms with Crippen molar-refractivity contribution in [2.75, 3.05) is 20.3 Å². The first-order valence-corrected chi connectivity index (χ1v) is 15.2. The van der Waals surface area contributed by atoms with Gasteiger partial charge >= 0.3 is 5.97 Å². The van der Waals surface area contributed by atoms with Gasteiger partial charge in [-0.05, 0) is 64.0 Å². The Morgan fingerprint density at radius 1 is 1.14 bits per heavy atom. The molecule has 5 rings (SSSR count). The first-order valence-electron chi connectivity index (χ1n) is 14.4. The number of hydrogen-bond donors (Lipinski definition) is 0. The first kappa shape index (κ1) is 29.4. The van der Waals surface area contributed by atoms with Crippen molar-refractivity contribution in [2.45, 2.75) is 59.5 Å². The van der Waals surface area contributed by atoms with Crippen LogP contribution in [0.3, 0.4) is 0 Å². The Balaban J connectivity index is 1.70. The number of hydrogen-bond acceptors (Lipinski definition) is 7. The van der Waals surface area contributed by atoms with Gasteiger partial charge in [-0.3, -0.25) is 9.36 Å². The number of unbranched alkanes of at least 4 members (excludes halogenated alkanes) is 1. The minimum atomic E-state index is -0.738. The molecule has 0 fully saturated rings. The number of ether oxygens (including phenoxy) is 3. The number of fused-ring (bicyclic) bond motifs is 2. The Morgan fingerprint density at radius 2 is 1.93 bits per heavy atom. The lowest BCUT2D eigenvalue weighted by atomic mass is 9.95. The van der Waals surface area contributed by atoms with Crippen molar-refractivity contribution in [2.24, 2.45) is 4.99 Å². The van der Waals surface area contributed by atoms with Gasteiger partial charge in [0.25, 0.3) is 5.56 Å². The number of benzene rings is 2. The zero-order valence-corrected chi connectivity index (χ0v) is 25.8. The first-order chi connectivity index (χ1) is 20.3. The van der Waals surface area contributed by atoms with Crippen molar-refractivity contribution < 1.29 is 19.0 Å². The van der Waals surface area contributed by atoms with Crippen LogP contribution in [0.1, 0.15) is 70.7 Å². The van der Waals surface area contributed by atoms with Gasteiger partial charge in [0.05, 0.1) is 42.2 Å². The lowest BCUT2D eigenvalue weighted by Crippen LogP contribution is -2.40. The Kier molecular flexibility index (Phi) is 8.68. The number of allylic oxidation sites excluding steroid dienone is 1. The van der Waals surface area contributed by atoms with E-state index in [1.54, 1.807) is 25.5 Å². The fourth-order valence-corrected chi connectivity index (χ4v) is 6.36. The summed E-state index contributed by atoms with van der Waals surface area (Å²) in [6, 6.07) is 13.2. The zero-order valence-electron chi connectivity index (χ0n) is 25.0. The molecule has 0 unspecified atom stereocenters. The van der Waals surface area contributed by atoms with Crippen LogP contribution in [-0.4, -0.2) is 35.4 Å². The largest absolute Gasteiger partial charge is 0.493 e. The molecule has 4 aromatic rings. The average molecular weight is 588 g/mol. The topological polar surface area (TPSA) is 84.0 Å². The molecule has 1 aliphatic rings. The van der Waals surface area contributed by atoms with Crippen molar-refractivity contribution in [3.8, 4) is 11.5 Å². The smallest absolute Gasteiger partial charge is 0.338 e. The minimum Gasteiger partial charge on any atom is -0.493 e. The van der Waals surface area contributed by atoms with E-state index in [-0.39, 0.29) is 18.2 Å². The van der Waals surface area contributed by atoms with Crippen LogP contribution in [0, 0.1) is 0 Å². The second-order valence-electron chi connectivity index (χ2n) is 10.5. The summed E-state index contributed by atoms with van der Waals surface area (Å²) in [6.45, 7) is 10.7. The molecule has 1 atom stereocenters.